The second-order valence-electron chi connectivity index (χ2n) is 6.60. The van der Waals surface area contributed by atoms with Crippen LogP contribution in [0.5, 0.6) is 0 Å². The lowest BCUT2D eigenvalue weighted by molar-refractivity contribution is 0.200. The van der Waals surface area contributed by atoms with Gasteiger partial charge >= 0.3 is 0 Å². The first-order valence-corrected chi connectivity index (χ1v) is 10.8. The minimum Gasteiger partial charge on any atom is -0.385 e. The zero-order valence-corrected chi connectivity index (χ0v) is 16.7. The molecule has 0 aliphatic heterocycles. The number of rotatable bonds is 6. The summed E-state index contributed by atoms with van der Waals surface area (Å²) in [5.74, 6) is 0.878. The van der Waals surface area contributed by atoms with Crippen LogP contribution in [0.15, 0.2) is 34.2 Å². The summed E-state index contributed by atoms with van der Waals surface area (Å²) in [6.07, 6.45) is 4.16. The first kappa shape index (κ1) is 17.8. The number of thiophene rings is 1. The van der Waals surface area contributed by atoms with E-state index in [4.69, 9.17) is 9.72 Å². The van der Waals surface area contributed by atoms with Gasteiger partial charge in [-0.3, -0.25) is 9.36 Å². The van der Waals surface area contributed by atoms with Crippen LogP contribution in [-0.2, 0) is 17.6 Å². The molecule has 136 valence electrons. The molecule has 1 aliphatic rings. The van der Waals surface area contributed by atoms with E-state index in [1.54, 1.807) is 34.8 Å². The minimum atomic E-state index is 0.0764. The largest absolute Gasteiger partial charge is 0.385 e. The summed E-state index contributed by atoms with van der Waals surface area (Å²) in [5.41, 5.74) is 3.38. The van der Waals surface area contributed by atoms with Crippen LogP contribution in [-0.4, -0.2) is 29.0 Å². The average Bonchev–Trinajstić information content (AvgIpc) is 3.20. The third kappa shape index (κ3) is 3.21. The van der Waals surface area contributed by atoms with Gasteiger partial charge in [0, 0.05) is 24.3 Å². The van der Waals surface area contributed by atoms with Crippen LogP contribution in [0.1, 0.15) is 28.8 Å². The number of aryl methyl sites for hydroxylation is 3. The van der Waals surface area contributed by atoms with Crippen molar-refractivity contribution in [3.63, 3.8) is 0 Å². The van der Waals surface area contributed by atoms with Gasteiger partial charge in [0.1, 0.15) is 4.83 Å². The van der Waals surface area contributed by atoms with E-state index in [9.17, 15) is 4.79 Å². The summed E-state index contributed by atoms with van der Waals surface area (Å²) in [6, 6.07) is 8.11. The smallest absolute Gasteiger partial charge is 0.267 e. The van der Waals surface area contributed by atoms with Crippen LogP contribution >= 0.6 is 23.1 Å². The predicted octanol–water partition coefficient (Wildman–Crippen LogP) is 4.37. The molecule has 6 heteroatoms. The quantitative estimate of drug-likeness (QED) is 0.358. The molecule has 2 heterocycles. The highest BCUT2D eigenvalue weighted by atomic mass is 32.2. The van der Waals surface area contributed by atoms with E-state index < -0.39 is 0 Å². The third-order valence-corrected chi connectivity index (χ3v) is 6.93. The second-order valence-corrected chi connectivity index (χ2v) is 8.75. The van der Waals surface area contributed by atoms with Crippen molar-refractivity contribution < 1.29 is 4.74 Å². The summed E-state index contributed by atoms with van der Waals surface area (Å²) in [4.78, 5) is 20.6. The summed E-state index contributed by atoms with van der Waals surface area (Å²) < 4.78 is 6.94. The Kier molecular flexibility index (Phi) is 5.16. The molecule has 1 aromatic carbocycles. The molecule has 4 nitrogen and oxygen atoms in total. The van der Waals surface area contributed by atoms with Crippen LogP contribution in [0.2, 0.25) is 0 Å². The van der Waals surface area contributed by atoms with E-state index >= 15 is 0 Å². The lowest BCUT2D eigenvalue weighted by Gasteiger charge is -2.12. The summed E-state index contributed by atoms with van der Waals surface area (Å²) >= 11 is 3.34. The molecule has 2 aromatic heterocycles. The molecule has 3 aromatic rings. The molecule has 0 fully saturated rings. The highest BCUT2D eigenvalue weighted by Gasteiger charge is 2.23. The van der Waals surface area contributed by atoms with Crippen molar-refractivity contribution in [2.24, 2.45) is 0 Å². The molecule has 0 amide bonds. The van der Waals surface area contributed by atoms with Crippen LogP contribution in [0, 0.1) is 6.92 Å². The molecule has 26 heavy (non-hydrogen) atoms. The van der Waals surface area contributed by atoms with Gasteiger partial charge in [-0.25, -0.2) is 4.98 Å². The van der Waals surface area contributed by atoms with Crippen LogP contribution < -0.4 is 5.56 Å². The molecule has 0 unspecified atom stereocenters. The Labute approximate surface area is 161 Å². The maximum absolute atomic E-state index is 13.4. The number of hydrogen-bond donors (Lipinski definition) is 0. The van der Waals surface area contributed by atoms with Crippen molar-refractivity contribution in [1.82, 2.24) is 9.55 Å². The Morgan fingerprint density at radius 2 is 2.08 bits per heavy atom. The van der Waals surface area contributed by atoms with Crippen molar-refractivity contribution in [3.8, 4) is 5.69 Å². The van der Waals surface area contributed by atoms with Crippen molar-refractivity contribution in [2.75, 3.05) is 19.5 Å². The van der Waals surface area contributed by atoms with E-state index in [0.29, 0.717) is 0 Å². The van der Waals surface area contributed by atoms with Gasteiger partial charge in [0.2, 0.25) is 0 Å². The first-order valence-electron chi connectivity index (χ1n) is 8.95. The summed E-state index contributed by atoms with van der Waals surface area (Å²) in [5, 5.41) is 1.62. The van der Waals surface area contributed by atoms with Crippen LogP contribution in [0.4, 0.5) is 0 Å². The van der Waals surface area contributed by atoms with Gasteiger partial charge in [-0.2, -0.15) is 0 Å². The normalized spacial score (nSPS) is 13.5. The Balaban J connectivity index is 1.85. The molecular formula is C20H22N2O2S2. The first-order chi connectivity index (χ1) is 12.7. The lowest BCUT2D eigenvalue weighted by Crippen LogP contribution is -2.22. The standard InChI is InChI=1S/C20H22N2O2S2/c1-13-7-9-14(10-8-13)22-19(23)17-15-5-3-6-16(15)26-18(17)21-20(22)25-12-4-11-24-2/h7-10H,3-6,11-12H2,1-2H3. The number of thioether (sulfide) groups is 1. The van der Waals surface area contributed by atoms with Crippen LogP contribution in [0.25, 0.3) is 15.9 Å². The molecule has 0 N–H and O–H groups in total. The van der Waals surface area contributed by atoms with Crippen molar-refractivity contribution in [3.05, 3.63) is 50.6 Å². The number of methoxy groups -OCH3 is 1. The van der Waals surface area contributed by atoms with Gasteiger partial charge in [0.15, 0.2) is 5.16 Å². The molecular weight excluding hydrogens is 364 g/mol. The van der Waals surface area contributed by atoms with Gasteiger partial charge in [-0.1, -0.05) is 29.5 Å². The maximum Gasteiger partial charge on any atom is 0.267 e. The molecule has 0 saturated carbocycles. The molecule has 4 rings (SSSR count). The SMILES string of the molecule is COCCCSc1nc2sc3c(c2c(=O)n1-c1ccc(C)cc1)CCC3. The van der Waals surface area contributed by atoms with E-state index in [1.165, 1.54) is 16.0 Å². The second kappa shape index (κ2) is 7.55. The van der Waals surface area contributed by atoms with Crippen molar-refractivity contribution >= 4 is 33.3 Å². The zero-order valence-electron chi connectivity index (χ0n) is 15.1. The topological polar surface area (TPSA) is 44.1 Å². The fourth-order valence-electron chi connectivity index (χ4n) is 3.41. The van der Waals surface area contributed by atoms with Crippen molar-refractivity contribution in [2.45, 2.75) is 37.8 Å². The Bertz CT molecular complexity index is 990. The van der Waals surface area contributed by atoms with E-state index in [-0.39, 0.29) is 5.56 Å². The molecule has 0 spiro atoms. The number of benzene rings is 1. The van der Waals surface area contributed by atoms with Crippen LogP contribution in [0.3, 0.4) is 0 Å². The maximum atomic E-state index is 13.4. The molecule has 0 bridgehead atoms. The third-order valence-electron chi connectivity index (χ3n) is 4.72. The fourth-order valence-corrected chi connectivity index (χ4v) is 5.64. The van der Waals surface area contributed by atoms with Crippen molar-refractivity contribution in [1.29, 1.82) is 0 Å². The zero-order chi connectivity index (χ0) is 18.1. The van der Waals surface area contributed by atoms with Gasteiger partial charge in [-0.05, 0) is 50.3 Å². The van der Waals surface area contributed by atoms with Gasteiger partial charge < -0.3 is 4.74 Å². The Morgan fingerprint density at radius 3 is 2.85 bits per heavy atom. The van der Waals surface area contributed by atoms with Gasteiger partial charge in [0.05, 0.1) is 11.1 Å². The Hall–Kier alpha value is -1.63. The Morgan fingerprint density at radius 1 is 1.27 bits per heavy atom. The van der Waals surface area contributed by atoms with Gasteiger partial charge in [-0.15, -0.1) is 11.3 Å². The lowest BCUT2D eigenvalue weighted by atomic mass is 10.2. The molecule has 0 radical (unpaired) electrons. The highest BCUT2D eigenvalue weighted by molar-refractivity contribution is 7.99. The predicted molar refractivity (Wildman–Crippen MR) is 109 cm³/mol. The molecule has 0 saturated heterocycles. The number of hydrogen-bond acceptors (Lipinski definition) is 5. The van der Waals surface area contributed by atoms with E-state index in [0.717, 1.165) is 59.1 Å². The van der Waals surface area contributed by atoms with E-state index in [2.05, 4.69) is 6.92 Å². The number of nitrogens with zero attached hydrogens (tertiary/aromatic N) is 2. The summed E-state index contributed by atoms with van der Waals surface area (Å²) in [6.45, 7) is 2.78. The highest BCUT2D eigenvalue weighted by Crippen LogP contribution is 2.36. The van der Waals surface area contributed by atoms with E-state index in [1.807, 2.05) is 24.3 Å². The minimum absolute atomic E-state index is 0.0764. The monoisotopic (exact) mass is 386 g/mol. The number of fused-ring (bicyclic) bond motifs is 3. The molecule has 0 atom stereocenters. The van der Waals surface area contributed by atoms with Gasteiger partial charge in [0.25, 0.3) is 5.56 Å². The number of aromatic nitrogens is 2. The number of ether oxygens (including phenoxy) is 1. The average molecular weight is 387 g/mol. The fraction of sp³-hybridized carbons (Fsp3) is 0.400. The molecule has 1 aliphatic carbocycles. The summed E-state index contributed by atoms with van der Waals surface area (Å²) in [7, 11) is 1.71.